The summed E-state index contributed by atoms with van der Waals surface area (Å²) < 4.78 is 1.11. The zero-order valence-corrected chi connectivity index (χ0v) is 14.1. The monoisotopic (exact) mass is 363 g/mol. The smallest absolute Gasteiger partial charge is 0.209 e. The second-order valence-electron chi connectivity index (χ2n) is 4.64. The van der Waals surface area contributed by atoms with Gasteiger partial charge in [0.2, 0.25) is 6.41 Å². The Morgan fingerprint density at radius 3 is 2.43 bits per heavy atom. The summed E-state index contributed by atoms with van der Waals surface area (Å²) in [5, 5.41) is 0. The lowest BCUT2D eigenvalue weighted by Gasteiger charge is -2.17. The van der Waals surface area contributed by atoms with Gasteiger partial charge in [-0.1, -0.05) is 52.3 Å². The third kappa shape index (κ3) is 5.56. The minimum atomic E-state index is 0.751. The molecule has 0 saturated heterocycles. The molecule has 0 radical (unpaired) electrons. The molecule has 0 aromatic heterocycles. The molecule has 0 bridgehead atoms. The number of thioether (sulfide) groups is 1. The molecule has 0 fully saturated rings. The van der Waals surface area contributed by atoms with Gasteiger partial charge in [0.25, 0.3) is 0 Å². The van der Waals surface area contributed by atoms with Crippen molar-refractivity contribution < 1.29 is 4.79 Å². The number of carbonyl (C=O) groups is 1. The first-order valence-corrected chi connectivity index (χ1v) is 8.68. The quantitative estimate of drug-likeness (QED) is 0.516. The Hall–Kier alpha value is -1.26. The van der Waals surface area contributed by atoms with Crippen molar-refractivity contribution in [1.29, 1.82) is 0 Å². The third-order valence-corrected chi connectivity index (χ3v) is 4.93. The van der Waals surface area contributed by atoms with Crippen LogP contribution in [0.5, 0.6) is 0 Å². The normalized spacial score (nSPS) is 10.3. The number of halogens is 1. The number of amides is 1. The Bertz CT molecular complexity index is 562. The molecule has 0 atom stereocenters. The van der Waals surface area contributed by atoms with Crippen LogP contribution in [0.15, 0.2) is 64.0 Å². The number of carbonyl (C=O) groups excluding carboxylic acids is 1. The van der Waals surface area contributed by atoms with Crippen molar-refractivity contribution in [2.75, 3.05) is 18.8 Å². The summed E-state index contributed by atoms with van der Waals surface area (Å²) in [4.78, 5) is 14.2. The van der Waals surface area contributed by atoms with Crippen LogP contribution in [-0.4, -0.2) is 30.2 Å². The summed E-state index contributed by atoms with van der Waals surface area (Å²) in [6.45, 7) is 1.52. The molecule has 2 aromatic carbocycles. The van der Waals surface area contributed by atoms with Crippen molar-refractivity contribution in [3.05, 3.63) is 64.6 Å². The molecule has 2 rings (SSSR count). The van der Waals surface area contributed by atoms with Gasteiger partial charge in [-0.15, -0.1) is 11.8 Å². The number of nitrogens with zero attached hydrogens (tertiary/aromatic N) is 1. The molecule has 110 valence electrons. The molecule has 0 unspecified atom stereocenters. The van der Waals surface area contributed by atoms with Gasteiger partial charge in [0.15, 0.2) is 0 Å². The lowest BCUT2D eigenvalue weighted by Crippen LogP contribution is -2.27. The zero-order chi connectivity index (χ0) is 14.9. The van der Waals surface area contributed by atoms with E-state index in [9.17, 15) is 4.79 Å². The van der Waals surface area contributed by atoms with Crippen molar-refractivity contribution >= 4 is 34.1 Å². The van der Waals surface area contributed by atoms with E-state index in [1.807, 2.05) is 41.3 Å². The van der Waals surface area contributed by atoms with Crippen molar-refractivity contribution in [2.24, 2.45) is 0 Å². The van der Waals surface area contributed by atoms with Crippen LogP contribution in [-0.2, 0) is 11.2 Å². The Balaban J connectivity index is 1.76. The lowest BCUT2D eigenvalue weighted by molar-refractivity contribution is -0.117. The summed E-state index contributed by atoms with van der Waals surface area (Å²) in [6.07, 6.45) is 1.82. The highest BCUT2D eigenvalue weighted by Crippen LogP contribution is 2.18. The third-order valence-electron chi connectivity index (χ3n) is 3.17. The molecule has 0 heterocycles. The van der Waals surface area contributed by atoms with Gasteiger partial charge in [-0.25, -0.2) is 0 Å². The standard InChI is InChI=1S/C17H18BrNOS/c18-17-9-5-4-6-15(17)10-11-19(14-20)12-13-21-16-7-2-1-3-8-16/h1-9,14H,10-13H2. The van der Waals surface area contributed by atoms with E-state index in [2.05, 4.69) is 34.1 Å². The molecule has 0 aliphatic carbocycles. The molecule has 0 N–H and O–H groups in total. The molecule has 21 heavy (non-hydrogen) atoms. The van der Waals surface area contributed by atoms with E-state index in [1.54, 1.807) is 11.8 Å². The van der Waals surface area contributed by atoms with Crippen LogP contribution in [0.2, 0.25) is 0 Å². The number of benzene rings is 2. The van der Waals surface area contributed by atoms with E-state index < -0.39 is 0 Å². The Kier molecular flexibility index (Phi) is 6.83. The van der Waals surface area contributed by atoms with E-state index in [0.29, 0.717) is 0 Å². The van der Waals surface area contributed by atoms with Crippen molar-refractivity contribution in [1.82, 2.24) is 4.90 Å². The van der Waals surface area contributed by atoms with Gasteiger partial charge in [0, 0.05) is 28.2 Å². The highest BCUT2D eigenvalue weighted by atomic mass is 79.9. The largest absolute Gasteiger partial charge is 0.344 e. The van der Waals surface area contributed by atoms with Crippen molar-refractivity contribution in [3.8, 4) is 0 Å². The predicted octanol–water partition coefficient (Wildman–Crippen LogP) is 4.24. The Morgan fingerprint density at radius 1 is 1.00 bits per heavy atom. The molecular weight excluding hydrogens is 346 g/mol. The van der Waals surface area contributed by atoms with Crippen molar-refractivity contribution in [3.63, 3.8) is 0 Å². The second-order valence-corrected chi connectivity index (χ2v) is 6.67. The maximum absolute atomic E-state index is 11.2. The van der Waals surface area contributed by atoms with Gasteiger partial charge in [-0.05, 0) is 30.2 Å². The first-order chi connectivity index (χ1) is 10.3. The highest BCUT2D eigenvalue weighted by Gasteiger charge is 2.04. The van der Waals surface area contributed by atoms with E-state index in [0.717, 1.165) is 36.1 Å². The van der Waals surface area contributed by atoms with Crippen LogP contribution >= 0.6 is 27.7 Å². The van der Waals surface area contributed by atoms with Crippen LogP contribution in [0.1, 0.15) is 5.56 Å². The predicted molar refractivity (Wildman–Crippen MR) is 92.6 cm³/mol. The van der Waals surface area contributed by atoms with Gasteiger partial charge in [0.05, 0.1) is 0 Å². The van der Waals surface area contributed by atoms with Gasteiger partial charge in [-0.3, -0.25) is 4.79 Å². The fourth-order valence-corrected chi connectivity index (χ4v) is 3.37. The van der Waals surface area contributed by atoms with Crippen LogP contribution < -0.4 is 0 Å². The summed E-state index contributed by atoms with van der Waals surface area (Å²) in [5.74, 6) is 0.915. The average molecular weight is 364 g/mol. The van der Waals surface area contributed by atoms with E-state index in [4.69, 9.17) is 0 Å². The lowest BCUT2D eigenvalue weighted by atomic mass is 10.1. The minimum Gasteiger partial charge on any atom is -0.344 e. The summed E-state index contributed by atoms with van der Waals surface area (Å²) in [7, 11) is 0. The molecule has 0 spiro atoms. The SMILES string of the molecule is O=CN(CCSc1ccccc1)CCc1ccccc1Br. The Morgan fingerprint density at radius 2 is 1.71 bits per heavy atom. The number of hydrogen-bond acceptors (Lipinski definition) is 2. The maximum Gasteiger partial charge on any atom is 0.209 e. The topological polar surface area (TPSA) is 20.3 Å². The van der Waals surface area contributed by atoms with E-state index in [-0.39, 0.29) is 0 Å². The van der Waals surface area contributed by atoms with Gasteiger partial charge in [0.1, 0.15) is 0 Å². The number of hydrogen-bond donors (Lipinski definition) is 0. The summed E-state index contributed by atoms with van der Waals surface area (Å²) in [6, 6.07) is 18.4. The van der Waals surface area contributed by atoms with E-state index in [1.165, 1.54) is 10.5 Å². The molecule has 1 amide bonds. The van der Waals surface area contributed by atoms with Gasteiger partial charge < -0.3 is 4.90 Å². The molecule has 0 aliphatic heterocycles. The highest BCUT2D eigenvalue weighted by molar-refractivity contribution is 9.10. The molecule has 0 saturated carbocycles. The van der Waals surface area contributed by atoms with Crippen LogP contribution in [0.4, 0.5) is 0 Å². The van der Waals surface area contributed by atoms with Crippen LogP contribution in [0.25, 0.3) is 0 Å². The van der Waals surface area contributed by atoms with Crippen LogP contribution in [0.3, 0.4) is 0 Å². The second kappa shape index (κ2) is 8.90. The first-order valence-electron chi connectivity index (χ1n) is 6.90. The molecule has 2 aromatic rings. The van der Waals surface area contributed by atoms with Gasteiger partial charge in [-0.2, -0.15) is 0 Å². The molecule has 4 heteroatoms. The fraction of sp³-hybridized carbons (Fsp3) is 0.235. The number of rotatable bonds is 8. The summed E-state index contributed by atoms with van der Waals surface area (Å²) >= 11 is 5.32. The molecule has 2 nitrogen and oxygen atoms in total. The maximum atomic E-state index is 11.2. The zero-order valence-electron chi connectivity index (χ0n) is 11.7. The van der Waals surface area contributed by atoms with Gasteiger partial charge >= 0.3 is 0 Å². The van der Waals surface area contributed by atoms with E-state index >= 15 is 0 Å². The molecular formula is C17H18BrNOS. The van der Waals surface area contributed by atoms with Crippen molar-refractivity contribution in [2.45, 2.75) is 11.3 Å². The summed E-state index contributed by atoms with van der Waals surface area (Å²) in [5.41, 5.74) is 1.24. The fourth-order valence-electron chi connectivity index (χ4n) is 1.98. The minimum absolute atomic E-state index is 0.751. The molecule has 0 aliphatic rings. The van der Waals surface area contributed by atoms with Crippen LogP contribution in [0, 0.1) is 0 Å². The Labute approximate surface area is 138 Å². The first kappa shape index (κ1) is 16.1. The average Bonchev–Trinajstić information content (AvgIpc) is 2.53.